The van der Waals surface area contributed by atoms with Gasteiger partial charge in [-0.1, -0.05) is 135 Å². The quantitative estimate of drug-likeness (QED) is 0.145. The Balaban J connectivity index is 1.26. The van der Waals surface area contributed by atoms with E-state index in [0.717, 1.165) is 50.2 Å². The Kier molecular flexibility index (Phi) is 10.3. The van der Waals surface area contributed by atoms with Gasteiger partial charge in [0.2, 0.25) is 0 Å². The van der Waals surface area contributed by atoms with Crippen molar-refractivity contribution in [1.82, 2.24) is 9.55 Å². The molecule has 3 heterocycles. The van der Waals surface area contributed by atoms with Crippen molar-refractivity contribution in [3.05, 3.63) is 179 Å². The fraction of sp³-hybridized carbons (Fsp3) is 0.268. The standard InChI is InChI=1S/C56H56F2N4/c1-35(2)38-30-47(36(3)4)54(48(31-38)37(5)6)39-28-42(32-44(29-39)61-34-60(50-18-12-13-19-51(50)61)43-24-21-40(22-25-43)55(7,8)9)56(57,58)41-23-26-46-45-16-10-11-17-49(45)62(52(46)33-41)53-20-14-15-27-59-53/h10-33,35-37H,34H2,1-9H3. The lowest BCUT2D eigenvalue weighted by Gasteiger charge is -2.28. The first-order chi connectivity index (χ1) is 29.6. The summed E-state index contributed by atoms with van der Waals surface area (Å²) in [5.74, 6) is -2.01. The largest absolute Gasteiger partial charge is 0.321 e. The molecule has 314 valence electrons. The first-order valence-electron chi connectivity index (χ1n) is 22.0. The van der Waals surface area contributed by atoms with Gasteiger partial charge in [-0.05, 0) is 123 Å². The number of alkyl halides is 2. The Hall–Kier alpha value is -6.27. The van der Waals surface area contributed by atoms with Gasteiger partial charge >= 0.3 is 0 Å². The predicted molar refractivity (Wildman–Crippen MR) is 256 cm³/mol. The van der Waals surface area contributed by atoms with Gasteiger partial charge in [0.25, 0.3) is 5.92 Å². The van der Waals surface area contributed by atoms with Gasteiger partial charge in [0.1, 0.15) is 12.5 Å². The Morgan fingerprint density at radius 2 is 1.13 bits per heavy atom. The van der Waals surface area contributed by atoms with E-state index in [-0.39, 0.29) is 28.4 Å². The van der Waals surface area contributed by atoms with Crippen LogP contribution in [-0.2, 0) is 11.3 Å². The van der Waals surface area contributed by atoms with Crippen LogP contribution in [0.25, 0.3) is 38.8 Å². The topological polar surface area (TPSA) is 24.3 Å². The van der Waals surface area contributed by atoms with Crippen molar-refractivity contribution < 1.29 is 8.78 Å². The molecule has 0 saturated heterocycles. The van der Waals surface area contributed by atoms with Crippen LogP contribution in [-0.4, -0.2) is 16.2 Å². The first kappa shape index (κ1) is 41.1. The average Bonchev–Trinajstić information content (AvgIpc) is 3.82. The van der Waals surface area contributed by atoms with Crippen LogP contribution < -0.4 is 9.80 Å². The van der Waals surface area contributed by atoms with E-state index in [2.05, 4.69) is 138 Å². The normalized spacial score (nSPS) is 13.4. The summed E-state index contributed by atoms with van der Waals surface area (Å²) in [6, 6.07) is 46.2. The summed E-state index contributed by atoms with van der Waals surface area (Å²) in [6.07, 6.45) is 1.74. The zero-order valence-electron chi connectivity index (χ0n) is 37.3. The molecule has 0 saturated carbocycles. The van der Waals surface area contributed by atoms with Crippen LogP contribution in [0.1, 0.15) is 113 Å². The van der Waals surface area contributed by atoms with E-state index in [9.17, 15) is 0 Å². The highest BCUT2D eigenvalue weighted by atomic mass is 19.3. The van der Waals surface area contributed by atoms with Gasteiger partial charge in [-0.25, -0.2) is 4.98 Å². The molecule has 62 heavy (non-hydrogen) atoms. The predicted octanol–water partition coefficient (Wildman–Crippen LogP) is 15.9. The minimum absolute atomic E-state index is 0.0200. The number of nitrogens with zero attached hydrogens (tertiary/aromatic N) is 4. The summed E-state index contributed by atoms with van der Waals surface area (Å²) in [7, 11) is 0. The third kappa shape index (κ3) is 7.13. The van der Waals surface area contributed by atoms with E-state index in [1.54, 1.807) is 30.5 Å². The van der Waals surface area contributed by atoms with Crippen molar-refractivity contribution >= 4 is 44.6 Å². The number of para-hydroxylation sites is 3. The van der Waals surface area contributed by atoms with Gasteiger partial charge in [0, 0.05) is 39.5 Å². The fourth-order valence-corrected chi connectivity index (χ4v) is 9.24. The summed E-state index contributed by atoms with van der Waals surface area (Å²) in [4.78, 5) is 9.15. The number of benzene rings is 6. The van der Waals surface area contributed by atoms with Crippen LogP contribution in [0.2, 0.25) is 0 Å². The number of hydrogen-bond acceptors (Lipinski definition) is 3. The van der Waals surface area contributed by atoms with Crippen molar-refractivity contribution in [2.24, 2.45) is 0 Å². The van der Waals surface area contributed by atoms with Crippen LogP contribution in [0.15, 0.2) is 146 Å². The maximum Gasteiger partial charge on any atom is 0.298 e. The molecule has 0 aliphatic carbocycles. The second-order valence-electron chi connectivity index (χ2n) is 18.9. The van der Waals surface area contributed by atoms with E-state index in [1.807, 2.05) is 59.2 Å². The summed E-state index contributed by atoms with van der Waals surface area (Å²) < 4.78 is 37.9. The van der Waals surface area contributed by atoms with Gasteiger partial charge < -0.3 is 9.80 Å². The highest BCUT2D eigenvalue weighted by Crippen LogP contribution is 2.49. The van der Waals surface area contributed by atoms with E-state index < -0.39 is 5.92 Å². The Bertz CT molecular complexity index is 2910. The number of aromatic nitrogens is 2. The third-order valence-electron chi connectivity index (χ3n) is 12.7. The molecule has 6 aromatic carbocycles. The molecule has 6 heteroatoms. The monoisotopic (exact) mass is 822 g/mol. The second kappa shape index (κ2) is 15.6. The van der Waals surface area contributed by atoms with E-state index >= 15 is 8.78 Å². The number of fused-ring (bicyclic) bond motifs is 4. The molecular formula is C56H56F2N4. The van der Waals surface area contributed by atoms with Gasteiger partial charge in [0.05, 0.1) is 22.4 Å². The van der Waals surface area contributed by atoms with Gasteiger partial charge in [0.15, 0.2) is 0 Å². The highest BCUT2D eigenvalue weighted by molar-refractivity contribution is 6.09. The van der Waals surface area contributed by atoms with Crippen molar-refractivity contribution in [3.8, 4) is 16.9 Å². The lowest BCUT2D eigenvalue weighted by atomic mass is 9.81. The number of anilines is 4. The molecule has 1 aliphatic heterocycles. The average molecular weight is 823 g/mol. The number of hydrogen-bond donors (Lipinski definition) is 0. The minimum Gasteiger partial charge on any atom is -0.321 e. The Morgan fingerprint density at radius 1 is 0.532 bits per heavy atom. The maximum absolute atomic E-state index is 18.0. The molecule has 0 atom stereocenters. The molecular weight excluding hydrogens is 767 g/mol. The third-order valence-corrected chi connectivity index (χ3v) is 12.7. The van der Waals surface area contributed by atoms with Crippen molar-refractivity contribution in [2.75, 3.05) is 16.5 Å². The molecule has 4 nitrogen and oxygen atoms in total. The summed E-state index contributed by atoms with van der Waals surface area (Å²) in [5.41, 5.74) is 12.0. The van der Waals surface area contributed by atoms with Crippen LogP contribution >= 0.6 is 0 Å². The van der Waals surface area contributed by atoms with Crippen LogP contribution in [0, 0.1) is 0 Å². The second-order valence-corrected chi connectivity index (χ2v) is 18.9. The molecule has 2 aromatic heterocycles. The van der Waals surface area contributed by atoms with Crippen molar-refractivity contribution in [2.45, 2.75) is 91.4 Å². The highest BCUT2D eigenvalue weighted by Gasteiger charge is 2.38. The zero-order chi connectivity index (χ0) is 43.7. The SMILES string of the molecule is CC(C)c1cc(C(C)C)c(-c2cc(N3CN(c4ccc(C(C)(C)C)cc4)c4ccccc43)cc(C(F)(F)c3ccc4c5ccccc5n(-c5ccccn5)c4c3)c2)c(C(C)C)c1. The molecule has 0 amide bonds. The zero-order valence-corrected chi connectivity index (χ0v) is 37.3. The Labute approximate surface area is 365 Å². The molecule has 0 radical (unpaired) electrons. The molecule has 0 spiro atoms. The van der Waals surface area contributed by atoms with E-state index in [1.165, 1.54) is 22.3 Å². The van der Waals surface area contributed by atoms with Crippen LogP contribution in [0.5, 0.6) is 0 Å². The molecule has 0 bridgehead atoms. The van der Waals surface area contributed by atoms with Gasteiger partial charge in [-0.2, -0.15) is 8.78 Å². The summed E-state index contributed by atoms with van der Waals surface area (Å²) in [5, 5.41) is 1.89. The lowest BCUT2D eigenvalue weighted by Crippen LogP contribution is -2.25. The molecule has 8 aromatic rings. The summed E-state index contributed by atoms with van der Waals surface area (Å²) >= 11 is 0. The van der Waals surface area contributed by atoms with Gasteiger partial charge in [-0.3, -0.25) is 4.57 Å². The first-order valence-corrected chi connectivity index (χ1v) is 22.0. The molecule has 9 rings (SSSR count). The van der Waals surface area contributed by atoms with Crippen molar-refractivity contribution in [3.63, 3.8) is 0 Å². The molecule has 1 aliphatic rings. The lowest BCUT2D eigenvalue weighted by molar-refractivity contribution is 0.0430. The molecule has 0 N–H and O–H groups in total. The smallest absolute Gasteiger partial charge is 0.298 e. The fourth-order valence-electron chi connectivity index (χ4n) is 9.24. The molecule has 0 unspecified atom stereocenters. The Morgan fingerprint density at radius 3 is 1.74 bits per heavy atom. The number of pyridine rings is 1. The van der Waals surface area contributed by atoms with E-state index in [4.69, 9.17) is 0 Å². The van der Waals surface area contributed by atoms with Crippen molar-refractivity contribution in [1.29, 1.82) is 0 Å². The van der Waals surface area contributed by atoms with E-state index in [0.29, 0.717) is 23.9 Å². The molecule has 0 fully saturated rings. The minimum atomic E-state index is -3.36. The number of rotatable bonds is 9. The summed E-state index contributed by atoms with van der Waals surface area (Å²) in [6.45, 7) is 20.4. The number of halogens is 2. The van der Waals surface area contributed by atoms with Crippen LogP contribution in [0.4, 0.5) is 31.5 Å². The maximum atomic E-state index is 18.0. The van der Waals surface area contributed by atoms with Gasteiger partial charge in [-0.15, -0.1) is 0 Å². The van der Waals surface area contributed by atoms with Crippen LogP contribution in [0.3, 0.4) is 0 Å².